The largest absolute Gasteiger partial charge is 0.383 e. The van der Waals surface area contributed by atoms with Crippen LogP contribution < -0.4 is 5.32 Å². The topological polar surface area (TPSA) is 64.0 Å². The van der Waals surface area contributed by atoms with Crippen LogP contribution in [0, 0.1) is 0 Å². The van der Waals surface area contributed by atoms with E-state index < -0.39 is 0 Å². The molecule has 0 radical (unpaired) electrons. The van der Waals surface area contributed by atoms with Crippen molar-refractivity contribution in [3.8, 4) is 0 Å². The third kappa shape index (κ3) is 3.66. The Labute approximate surface area is 125 Å². The molecule has 0 amide bonds. The summed E-state index contributed by atoms with van der Waals surface area (Å²) in [6.07, 6.45) is 0. The molecular weight excluding hydrogens is 262 g/mol. The highest BCUT2D eigenvalue weighted by Gasteiger charge is 2.05. The number of fused-ring (bicyclic) bond motifs is 1. The second kappa shape index (κ2) is 7.53. The molecule has 0 saturated carbocycles. The first-order valence-corrected chi connectivity index (χ1v) is 7.33. The van der Waals surface area contributed by atoms with E-state index in [0.717, 1.165) is 42.6 Å². The van der Waals surface area contributed by atoms with Crippen LogP contribution >= 0.6 is 0 Å². The number of nitrogens with one attached hydrogen (secondary N) is 1. The molecule has 0 unspecified atom stereocenters. The van der Waals surface area contributed by atoms with Gasteiger partial charge >= 0.3 is 0 Å². The van der Waals surface area contributed by atoms with E-state index in [9.17, 15) is 0 Å². The SMILES string of the molecule is CCN(CC)CCNc1ccc(N=[N+]=[N-])c2ccccc12. The molecule has 0 aliphatic carbocycles. The van der Waals surface area contributed by atoms with E-state index in [1.54, 1.807) is 0 Å². The Morgan fingerprint density at radius 1 is 1.10 bits per heavy atom. The highest BCUT2D eigenvalue weighted by atomic mass is 15.1. The molecule has 0 atom stereocenters. The Balaban J connectivity index is 2.21. The van der Waals surface area contributed by atoms with E-state index in [0.29, 0.717) is 5.69 Å². The molecule has 5 heteroatoms. The molecule has 21 heavy (non-hydrogen) atoms. The van der Waals surface area contributed by atoms with Gasteiger partial charge in [-0.2, -0.15) is 0 Å². The maximum Gasteiger partial charge on any atom is 0.0455 e. The molecule has 0 aromatic heterocycles. The lowest BCUT2D eigenvalue weighted by Crippen LogP contribution is -2.28. The van der Waals surface area contributed by atoms with E-state index >= 15 is 0 Å². The monoisotopic (exact) mass is 283 g/mol. The molecule has 2 aromatic carbocycles. The van der Waals surface area contributed by atoms with E-state index in [-0.39, 0.29) is 0 Å². The number of anilines is 1. The van der Waals surface area contributed by atoms with Gasteiger partial charge in [0.2, 0.25) is 0 Å². The first-order chi connectivity index (χ1) is 10.3. The van der Waals surface area contributed by atoms with Crippen molar-refractivity contribution in [3.05, 3.63) is 46.8 Å². The number of rotatable bonds is 7. The Hall–Kier alpha value is -2.23. The Morgan fingerprint density at radius 3 is 2.48 bits per heavy atom. The van der Waals surface area contributed by atoms with Gasteiger partial charge in [-0.1, -0.05) is 43.2 Å². The van der Waals surface area contributed by atoms with E-state index in [2.05, 4.69) is 34.1 Å². The van der Waals surface area contributed by atoms with Crippen LogP contribution in [0.3, 0.4) is 0 Å². The highest BCUT2D eigenvalue weighted by molar-refractivity contribution is 6.00. The van der Waals surface area contributed by atoms with Crippen LogP contribution in [0.4, 0.5) is 11.4 Å². The molecular formula is C16H21N5. The summed E-state index contributed by atoms with van der Waals surface area (Å²) in [6.45, 7) is 8.39. The Bertz CT molecular complexity index is 642. The van der Waals surface area contributed by atoms with Crippen molar-refractivity contribution in [1.29, 1.82) is 0 Å². The van der Waals surface area contributed by atoms with Gasteiger partial charge in [0, 0.05) is 34.8 Å². The number of hydrogen-bond acceptors (Lipinski definition) is 3. The van der Waals surface area contributed by atoms with Crippen LogP contribution in [-0.2, 0) is 0 Å². The number of nitrogens with zero attached hydrogens (tertiary/aromatic N) is 4. The summed E-state index contributed by atoms with van der Waals surface area (Å²) in [4.78, 5) is 5.27. The zero-order valence-electron chi connectivity index (χ0n) is 12.6. The van der Waals surface area contributed by atoms with Crippen molar-refractivity contribution in [2.75, 3.05) is 31.5 Å². The van der Waals surface area contributed by atoms with E-state index in [1.165, 1.54) is 0 Å². The number of likely N-dealkylation sites (N-methyl/N-ethyl adjacent to an activating group) is 1. The van der Waals surface area contributed by atoms with E-state index in [1.807, 2.05) is 36.4 Å². The lowest BCUT2D eigenvalue weighted by Gasteiger charge is -2.19. The Kier molecular flexibility index (Phi) is 5.43. The van der Waals surface area contributed by atoms with Crippen molar-refractivity contribution >= 4 is 22.1 Å². The molecule has 0 fully saturated rings. The average Bonchev–Trinajstić information content (AvgIpc) is 2.53. The summed E-state index contributed by atoms with van der Waals surface area (Å²) in [7, 11) is 0. The van der Waals surface area contributed by atoms with Crippen molar-refractivity contribution < 1.29 is 0 Å². The van der Waals surface area contributed by atoms with Crippen molar-refractivity contribution in [1.82, 2.24) is 4.90 Å². The lowest BCUT2D eigenvalue weighted by atomic mass is 10.1. The molecule has 0 saturated heterocycles. The fraction of sp³-hybridized carbons (Fsp3) is 0.375. The predicted molar refractivity (Wildman–Crippen MR) is 89.0 cm³/mol. The fourth-order valence-electron chi connectivity index (χ4n) is 2.46. The molecule has 0 bridgehead atoms. The highest BCUT2D eigenvalue weighted by Crippen LogP contribution is 2.31. The molecule has 0 spiro atoms. The number of benzene rings is 2. The zero-order chi connectivity index (χ0) is 15.1. The maximum atomic E-state index is 8.64. The third-order valence-electron chi connectivity index (χ3n) is 3.69. The summed E-state index contributed by atoms with van der Waals surface area (Å²) < 4.78 is 0. The first kappa shape index (κ1) is 15.2. The Morgan fingerprint density at radius 2 is 1.81 bits per heavy atom. The second-order valence-corrected chi connectivity index (χ2v) is 4.82. The van der Waals surface area contributed by atoms with Gasteiger partial charge in [0.25, 0.3) is 0 Å². The maximum absolute atomic E-state index is 8.64. The molecule has 2 rings (SSSR count). The van der Waals surface area contributed by atoms with Crippen molar-refractivity contribution in [3.63, 3.8) is 0 Å². The van der Waals surface area contributed by atoms with Crippen LogP contribution in [0.25, 0.3) is 21.2 Å². The predicted octanol–water partition coefficient (Wildman–Crippen LogP) is 4.54. The fourth-order valence-corrected chi connectivity index (χ4v) is 2.46. The van der Waals surface area contributed by atoms with Gasteiger partial charge in [0.05, 0.1) is 0 Å². The minimum Gasteiger partial charge on any atom is -0.383 e. The molecule has 110 valence electrons. The van der Waals surface area contributed by atoms with Crippen LogP contribution in [0.15, 0.2) is 41.5 Å². The molecule has 1 N–H and O–H groups in total. The van der Waals surface area contributed by atoms with Crippen LogP contribution in [0.5, 0.6) is 0 Å². The van der Waals surface area contributed by atoms with Crippen LogP contribution in [-0.4, -0.2) is 31.1 Å². The summed E-state index contributed by atoms with van der Waals surface area (Å²) in [5, 5.41) is 9.30. The average molecular weight is 283 g/mol. The van der Waals surface area contributed by atoms with Crippen LogP contribution in [0.1, 0.15) is 13.8 Å². The molecule has 0 aliphatic heterocycles. The number of hydrogen-bond donors (Lipinski definition) is 1. The molecule has 0 heterocycles. The quantitative estimate of drug-likeness (QED) is 0.460. The molecule has 0 aliphatic rings. The first-order valence-electron chi connectivity index (χ1n) is 7.33. The smallest absolute Gasteiger partial charge is 0.0455 e. The normalized spacial score (nSPS) is 10.6. The lowest BCUT2D eigenvalue weighted by molar-refractivity contribution is 0.316. The van der Waals surface area contributed by atoms with Gasteiger partial charge in [-0.3, -0.25) is 0 Å². The summed E-state index contributed by atoms with van der Waals surface area (Å²) in [6, 6.07) is 11.8. The van der Waals surface area contributed by atoms with Gasteiger partial charge in [-0.05, 0) is 36.1 Å². The summed E-state index contributed by atoms with van der Waals surface area (Å²) in [5.74, 6) is 0. The zero-order valence-corrected chi connectivity index (χ0v) is 12.6. The number of azide groups is 1. The third-order valence-corrected chi connectivity index (χ3v) is 3.69. The molecule has 2 aromatic rings. The summed E-state index contributed by atoms with van der Waals surface area (Å²) in [5.41, 5.74) is 10.4. The standard InChI is InChI=1S/C16H21N5/c1-3-21(4-2)12-11-18-15-9-10-16(19-20-17)14-8-6-5-7-13(14)15/h5-10,18H,3-4,11-12H2,1-2H3. The minimum atomic E-state index is 0.669. The van der Waals surface area contributed by atoms with Gasteiger partial charge in [0.1, 0.15) is 0 Å². The van der Waals surface area contributed by atoms with Gasteiger partial charge in [-0.25, -0.2) is 0 Å². The summed E-state index contributed by atoms with van der Waals surface area (Å²) >= 11 is 0. The van der Waals surface area contributed by atoms with Crippen molar-refractivity contribution in [2.24, 2.45) is 5.11 Å². The van der Waals surface area contributed by atoms with Crippen molar-refractivity contribution in [2.45, 2.75) is 13.8 Å². The van der Waals surface area contributed by atoms with Gasteiger partial charge < -0.3 is 10.2 Å². The van der Waals surface area contributed by atoms with Crippen LogP contribution in [0.2, 0.25) is 0 Å². The van der Waals surface area contributed by atoms with Gasteiger partial charge in [0.15, 0.2) is 0 Å². The minimum absolute atomic E-state index is 0.669. The second-order valence-electron chi connectivity index (χ2n) is 4.82. The van der Waals surface area contributed by atoms with E-state index in [4.69, 9.17) is 5.53 Å². The molecule has 5 nitrogen and oxygen atoms in total. The van der Waals surface area contributed by atoms with Gasteiger partial charge in [-0.15, -0.1) is 0 Å².